The van der Waals surface area contributed by atoms with Crippen molar-refractivity contribution in [2.24, 2.45) is 0 Å². The molecule has 0 aromatic heterocycles. The van der Waals surface area contributed by atoms with Crippen LogP contribution in [0.2, 0.25) is 0 Å². The van der Waals surface area contributed by atoms with Gasteiger partial charge in [0, 0.05) is 0 Å². The highest BCUT2D eigenvalue weighted by Gasteiger charge is 2.27. The number of aldehydes is 1. The van der Waals surface area contributed by atoms with Crippen molar-refractivity contribution in [3.8, 4) is 0 Å². The van der Waals surface area contributed by atoms with Gasteiger partial charge in [-0.05, 0) is 5.56 Å². The van der Waals surface area contributed by atoms with Crippen molar-refractivity contribution in [3.05, 3.63) is 35.9 Å². The number of carbonyl (C=O) groups excluding carboxylic acids is 3. The zero-order chi connectivity index (χ0) is 11.3. The molecule has 0 aliphatic heterocycles. The first-order valence-corrected chi connectivity index (χ1v) is 4.38. The smallest absolute Gasteiger partial charge is 0.341 e. The number of hydrogen-bond donors (Lipinski definition) is 0. The molecule has 78 valence electrons. The van der Waals surface area contributed by atoms with Gasteiger partial charge >= 0.3 is 5.97 Å². The number of Topliss-reactive ketones (excluding diaryl/α,β-unsaturated/α-hetero) is 1. The lowest BCUT2D eigenvalue weighted by Crippen LogP contribution is -2.23. The first-order valence-electron chi connectivity index (χ1n) is 4.07. The molecule has 1 rings (SSSR count). The summed E-state index contributed by atoms with van der Waals surface area (Å²) in [6, 6.07) is 8.18. The van der Waals surface area contributed by atoms with Crippen LogP contribution in [0.25, 0.3) is 0 Å². The summed E-state index contributed by atoms with van der Waals surface area (Å²) in [4.78, 5) is 32.8. The summed E-state index contributed by atoms with van der Waals surface area (Å²) in [7, 11) is 0. The Hall–Kier alpha value is -1.68. The molecule has 5 heteroatoms. The van der Waals surface area contributed by atoms with Crippen LogP contribution in [-0.2, 0) is 18.7 Å². The molecule has 0 aliphatic rings. The zero-order valence-corrected chi connectivity index (χ0v) is 8.31. The molecule has 1 unspecified atom stereocenters. The van der Waals surface area contributed by atoms with Gasteiger partial charge in [-0.3, -0.25) is 4.79 Å². The summed E-state index contributed by atoms with van der Waals surface area (Å²) in [5.74, 6) is -3.37. The van der Waals surface area contributed by atoms with Crippen LogP contribution >= 0.6 is 11.9 Å². The fourth-order valence-electron chi connectivity index (χ4n) is 1.12. The van der Waals surface area contributed by atoms with E-state index in [4.69, 9.17) is 11.9 Å². The largest absolute Gasteiger partial charge is 0.393 e. The molecule has 0 fully saturated rings. The van der Waals surface area contributed by atoms with Crippen LogP contribution in [0.1, 0.15) is 11.5 Å². The van der Waals surface area contributed by atoms with Crippen molar-refractivity contribution < 1.29 is 18.7 Å². The monoisotopic (exact) mass is 226 g/mol. The van der Waals surface area contributed by atoms with Gasteiger partial charge in [-0.1, -0.05) is 30.3 Å². The second kappa shape index (κ2) is 5.26. The van der Waals surface area contributed by atoms with Crippen molar-refractivity contribution in [2.75, 3.05) is 0 Å². The van der Waals surface area contributed by atoms with Gasteiger partial charge in [-0.25, -0.2) is 4.79 Å². The van der Waals surface area contributed by atoms with Gasteiger partial charge in [-0.15, -0.1) is 0 Å². The van der Waals surface area contributed by atoms with Gasteiger partial charge < -0.3 is 9.08 Å². The number of benzene rings is 1. The second-order valence-electron chi connectivity index (χ2n) is 2.75. The highest BCUT2D eigenvalue weighted by Crippen LogP contribution is 2.14. The van der Waals surface area contributed by atoms with Gasteiger partial charge in [0.05, 0.1) is 0 Å². The van der Waals surface area contributed by atoms with Crippen LogP contribution < -0.4 is 0 Å². The minimum atomic E-state index is -1.24. The fourth-order valence-corrected chi connectivity index (χ4v) is 1.19. The molecule has 4 nitrogen and oxygen atoms in total. The molecule has 0 N–H and O–H groups in total. The Bertz CT molecular complexity index is 374. The van der Waals surface area contributed by atoms with Crippen molar-refractivity contribution in [3.63, 3.8) is 0 Å². The van der Waals surface area contributed by atoms with E-state index in [-0.39, 0.29) is 0 Å². The van der Waals surface area contributed by atoms with Crippen LogP contribution in [0, 0.1) is 0 Å². The predicted molar refractivity (Wildman–Crippen MR) is 52.2 cm³/mol. The zero-order valence-electron chi connectivity index (χ0n) is 7.55. The number of rotatable bonds is 4. The lowest BCUT2D eigenvalue weighted by molar-refractivity contribution is -0.148. The molecule has 0 saturated carbocycles. The average Bonchev–Trinajstić information content (AvgIpc) is 2.30. The van der Waals surface area contributed by atoms with E-state index in [1.54, 1.807) is 30.3 Å². The van der Waals surface area contributed by atoms with E-state index in [1.807, 2.05) is 0 Å². The quantitative estimate of drug-likeness (QED) is 0.440. The highest BCUT2D eigenvalue weighted by atomic mass is 35.5. The summed E-state index contributed by atoms with van der Waals surface area (Å²) in [6.07, 6.45) is 0.380. The Morgan fingerprint density at radius 1 is 1.27 bits per heavy atom. The summed E-state index contributed by atoms with van der Waals surface area (Å²) >= 11 is 4.75. The van der Waals surface area contributed by atoms with E-state index in [1.165, 1.54) is 0 Å². The Labute approximate surface area is 91.0 Å². The molecule has 1 aromatic carbocycles. The lowest BCUT2D eigenvalue weighted by atomic mass is 9.96. The van der Waals surface area contributed by atoms with Gasteiger partial charge in [0.15, 0.2) is 0 Å². The van der Waals surface area contributed by atoms with Crippen LogP contribution in [0.5, 0.6) is 0 Å². The highest BCUT2D eigenvalue weighted by molar-refractivity contribution is 6.42. The van der Waals surface area contributed by atoms with E-state index >= 15 is 0 Å². The Kier molecular flexibility index (Phi) is 4.00. The molecule has 0 heterocycles. The Balaban J connectivity index is 2.95. The van der Waals surface area contributed by atoms with Crippen LogP contribution in [0.15, 0.2) is 30.3 Å². The summed E-state index contributed by atoms with van der Waals surface area (Å²) in [5, 5.41) is 0. The van der Waals surface area contributed by atoms with Crippen molar-refractivity contribution >= 4 is 29.9 Å². The number of ketones is 1. The van der Waals surface area contributed by atoms with Crippen molar-refractivity contribution in [1.29, 1.82) is 0 Å². The van der Waals surface area contributed by atoms with Crippen molar-refractivity contribution in [1.82, 2.24) is 0 Å². The van der Waals surface area contributed by atoms with Gasteiger partial charge in [0.1, 0.15) is 24.1 Å². The maximum absolute atomic E-state index is 11.3. The topological polar surface area (TPSA) is 60.4 Å². The van der Waals surface area contributed by atoms with E-state index in [2.05, 4.69) is 4.29 Å². The lowest BCUT2D eigenvalue weighted by Gasteiger charge is -2.06. The maximum Gasteiger partial charge on any atom is 0.393 e. The van der Waals surface area contributed by atoms with Gasteiger partial charge in [-0.2, -0.15) is 0 Å². The second-order valence-corrected chi connectivity index (χ2v) is 2.91. The molecule has 0 spiro atoms. The Morgan fingerprint density at radius 3 is 2.33 bits per heavy atom. The fraction of sp³-hybridized carbons (Fsp3) is 0.100. The molecule has 0 saturated heterocycles. The predicted octanol–water partition coefficient (Wildman–Crippen LogP) is 1.24. The Morgan fingerprint density at radius 2 is 1.87 bits per heavy atom. The first kappa shape index (κ1) is 11.4. The van der Waals surface area contributed by atoms with E-state index in [0.717, 1.165) is 0 Å². The van der Waals surface area contributed by atoms with Gasteiger partial charge in [0.2, 0.25) is 0 Å². The summed E-state index contributed by atoms with van der Waals surface area (Å²) in [5.41, 5.74) is 0.430. The molecule has 0 radical (unpaired) electrons. The first-order chi connectivity index (χ1) is 7.20. The van der Waals surface area contributed by atoms with Crippen LogP contribution in [0.4, 0.5) is 0 Å². The third kappa shape index (κ3) is 2.63. The molecule has 1 aromatic rings. The molecule has 15 heavy (non-hydrogen) atoms. The summed E-state index contributed by atoms with van der Waals surface area (Å²) in [6.45, 7) is 0. The SMILES string of the molecule is O=CC(C(=O)C(=O)OCl)c1ccccc1. The molecular weight excluding hydrogens is 220 g/mol. The van der Waals surface area contributed by atoms with Crippen LogP contribution in [-0.4, -0.2) is 18.0 Å². The average molecular weight is 227 g/mol. The molecule has 1 atom stereocenters. The van der Waals surface area contributed by atoms with E-state index in [0.29, 0.717) is 11.8 Å². The molecule has 0 amide bonds. The molecule has 0 aliphatic carbocycles. The maximum atomic E-state index is 11.3. The summed E-state index contributed by atoms with van der Waals surface area (Å²) < 4.78 is 3.74. The minimum Gasteiger partial charge on any atom is -0.341 e. The third-order valence-electron chi connectivity index (χ3n) is 1.85. The number of carbonyl (C=O) groups is 3. The van der Waals surface area contributed by atoms with E-state index < -0.39 is 17.7 Å². The molecule has 0 bridgehead atoms. The van der Waals surface area contributed by atoms with Crippen LogP contribution in [0.3, 0.4) is 0 Å². The minimum absolute atomic E-state index is 0.380. The van der Waals surface area contributed by atoms with Crippen molar-refractivity contribution in [2.45, 2.75) is 5.92 Å². The molecular formula is C10H7ClO4. The van der Waals surface area contributed by atoms with Gasteiger partial charge in [0.25, 0.3) is 5.78 Å². The standard InChI is InChI=1S/C10H7ClO4/c11-15-10(14)9(13)8(6-12)7-4-2-1-3-5-7/h1-6,8H. The van der Waals surface area contributed by atoms with E-state index in [9.17, 15) is 14.4 Å². The third-order valence-corrected chi connectivity index (χ3v) is 1.99. The number of hydrogen-bond acceptors (Lipinski definition) is 4. The normalized spacial score (nSPS) is 11.5. The number of halogens is 1.